The molecule has 156 valence electrons. The van der Waals surface area contributed by atoms with Crippen molar-refractivity contribution in [1.29, 1.82) is 0 Å². The van der Waals surface area contributed by atoms with Crippen LogP contribution in [0.2, 0.25) is 0 Å². The van der Waals surface area contributed by atoms with Gasteiger partial charge >= 0.3 is 0 Å². The lowest BCUT2D eigenvalue weighted by atomic mass is 10.1. The van der Waals surface area contributed by atoms with Gasteiger partial charge in [0.15, 0.2) is 0 Å². The van der Waals surface area contributed by atoms with Crippen molar-refractivity contribution < 1.29 is 17.9 Å². The molecule has 1 aliphatic heterocycles. The van der Waals surface area contributed by atoms with Gasteiger partial charge in [-0.15, -0.1) is 0 Å². The van der Waals surface area contributed by atoms with Crippen molar-refractivity contribution in [1.82, 2.24) is 18.6 Å². The second-order valence-corrected chi connectivity index (χ2v) is 9.16. The SMILES string of the molecule is COc1ccccc1NC(=O)c1cnc([C@H]2CCN(S(=O)(=O)N(C)C)C2)nc1C. The van der Waals surface area contributed by atoms with E-state index in [9.17, 15) is 13.2 Å². The number of hydrogen-bond donors (Lipinski definition) is 1. The summed E-state index contributed by atoms with van der Waals surface area (Å²) < 4.78 is 32.5. The summed E-state index contributed by atoms with van der Waals surface area (Å²) in [5, 5.41) is 2.81. The molecule has 0 radical (unpaired) electrons. The highest BCUT2D eigenvalue weighted by atomic mass is 32.2. The minimum absolute atomic E-state index is 0.102. The Hall–Kier alpha value is -2.56. The fraction of sp³-hybridized carbons (Fsp3) is 0.421. The first-order valence-electron chi connectivity index (χ1n) is 9.19. The zero-order valence-electron chi connectivity index (χ0n) is 16.9. The van der Waals surface area contributed by atoms with E-state index in [1.807, 2.05) is 6.07 Å². The molecule has 1 N–H and O–H groups in total. The van der Waals surface area contributed by atoms with Crippen molar-refractivity contribution in [2.75, 3.05) is 39.6 Å². The van der Waals surface area contributed by atoms with Crippen LogP contribution in [0.1, 0.15) is 34.2 Å². The maximum absolute atomic E-state index is 12.7. The summed E-state index contributed by atoms with van der Waals surface area (Å²) >= 11 is 0. The van der Waals surface area contributed by atoms with Crippen molar-refractivity contribution in [2.45, 2.75) is 19.3 Å². The molecule has 0 aliphatic carbocycles. The average Bonchev–Trinajstić information content (AvgIpc) is 3.19. The Morgan fingerprint density at radius 1 is 1.31 bits per heavy atom. The number of para-hydroxylation sites is 2. The Balaban J connectivity index is 1.75. The molecule has 1 aromatic heterocycles. The van der Waals surface area contributed by atoms with Crippen LogP contribution in [-0.2, 0) is 10.2 Å². The van der Waals surface area contributed by atoms with Gasteiger partial charge in [-0.1, -0.05) is 12.1 Å². The maximum Gasteiger partial charge on any atom is 0.281 e. The van der Waals surface area contributed by atoms with E-state index in [4.69, 9.17) is 4.74 Å². The number of carbonyl (C=O) groups is 1. The summed E-state index contributed by atoms with van der Waals surface area (Å²) in [6, 6.07) is 7.13. The van der Waals surface area contributed by atoms with Crippen molar-refractivity contribution in [3.05, 3.63) is 47.5 Å². The fourth-order valence-corrected chi connectivity index (χ4v) is 4.39. The molecule has 10 heteroatoms. The first kappa shape index (κ1) is 21.2. The van der Waals surface area contributed by atoms with Crippen LogP contribution in [0, 0.1) is 6.92 Å². The molecule has 0 saturated carbocycles. The molecule has 9 nitrogen and oxygen atoms in total. The number of aromatic nitrogens is 2. The molecule has 2 aromatic rings. The number of rotatable bonds is 6. The average molecular weight is 420 g/mol. The monoisotopic (exact) mass is 419 g/mol. The fourth-order valence-electron chi connectivity index (χ4n) is 3.22. The minimum atomic E-state index is -3.46. The summed E-state index contributed by atoms with van der Waals surface area (Å²) in [5.74, 6) is 0.675. The Kier molecular flexibility index (Phi) is 6.15. The number of aryl methyl sites for hydroxylation is 1. The lowest BCUT2D eigenvalue weighted by Crippen LogP contribution is -2.38. The van der Waals surface area contributed by atoms with E-state index in [0.717, 1.165) is 0 Å². The van der Waals surface area contributed by atoms with Gasteiger partial charge in [-0.2, -0.15) is 17.0 Å². The third kappa shape index (κ3) is 4.39. The quantitative estimate of drug-likeness (QED) is 0.763. The van der Waals surface area contributed by atoms with Gasteiger partial charge in [0.05, 0.1) is 24.1 Å². The van der Waals surface area contributed by atoms with Crippen molar-refractivity contribution in [2.24, 2.45) is 0 Å². The van der Waals surface area contributed by atoms with Gasteiger partial charge in [0.1, 0.15) is 11.6 Å². The van der Waals surface area contributed by atoms with E-state index < -0.39 is 10.2 Å². The zero-order valence-corrected chi connectivity index (χ0v) is 17.7. The maximum atomic E-state index is 12.7. The lowest BCUT2D eigenvalue weighted by Gasteiger charge is -2.20. The van der Waals surface area contributed by atoms with Gasteiger partial charge in [-0.3, -0.25) is 4.79 Å². The molecule has 1 aliphatic rings. The second kappa shape index (κ2) is 8.44. The van der Waals surface area contributed by atoms with E-state index in [1.165, 1.54) is 36.0 Å². The Morgan fingerprint density at radius 3 is 2.69 bits per heavy atom. The second-order valence-electron chi connectivity index (χ2n) is 7.02. The summed E-state index contributed by atoms with van der Waals surface area (Å²) in [7, 11) is 1.11. The summed E-state index contributed by atoms with van der Waals surface area (Å²) in [6.07, 6.45) is 2.13. The number of nitrogens with one attached hydrogen (secondary N) is 1. The third-order valence-corrected chi connectivity index (χ3v) is 6.81. The van der Waals surface area contributed by atoms with Crippen LogP contribution in [0.25, 0.3) is 0 Å². The number of benzene rings is 1. The number of amides is 1. The molecular weight excluding hydrogens is 394 g/mol. The highest BCUT2D eigenvalue weighted by Crippen LogP contribution is 2.28. The van der Waals surface area contributed by atoms with Crippen molar-refractivity contribution in [3.8, 4) is 5.75 Å². The van der Waals surface area contributed by atoms with Crippen molar-refractivity contribution >= 4 is 21.8 Å². The molecule has 3 rings (SSSR count). The standard InChI is InChI=1S/C19H25N5O4S/c1-13-15(19(25)22-16-7-5-6-8-17(16)28-4)11-20-18(21-13)14-9-10-24(12-14)29(26,27)23(2)3/h5-8,11,14H,9-10,12H2,1-4H3,(H,22,25)/t14-/m0/s1. The summed E-state index contributed by atoms with van der Waals surface area (Å²) in [6.45, 7) is 2.49. The number of carbonyl (C=O) groups excluding carboxylic acids is 1. The molecule has 2 heterocycles. The van der Waals surface area contributed by atoms with Crippen molar-refractivity contribution in [3.63, 3.8) is 0 Å². The van der Waals surface area contributed by atoms with E-state index >= 15 is 0 Å². The van der Waals surface area contributed by atoms with Crippen LogP contribution >= 0.6 is 0 Å². The number of hydrogen-bond acceptors (Lipinski definition) is 6. The first-order chi connectivity index (χ1) is 13.7. The van der Waals surface area contributed by atoms with Gasteiger partial charge in [0.25, 0.3) is 16.1 Å². The Morgan fingerprint density at radius 2 is 2.03 bits per heavy atom. The van der Waals surface area contributed by atoms with Gasteiger partial charge in [0.2, 0.25) is 0 Å². The molecule has 29 heavy (non-hydrogen) atoms. The molecule has 1 atom stereocenters. The molecule has 0 bridgehead atoms. The topological polar surface area (TPSA) is 105 Å². The molecule has 1 aromatic carbocycles. The summed E-state index contributed by atoms with van der Waals surface area (Å²) in [5.41, 5.74) is 1.45. The highest BCUT2D eigenvalue weighted by molar-refractivity contribution is 7.86. The van der Waals surface area contributed by atoms with Crippen LogP contribution in [-0.4, -0.2) is 67.2 Å². The highest BCUT2D eigenvalue weighted by Gasteiger charge is 2.34. The number of methoxy groups -OCH3 is 1. The van der Waals surface area contributed by atoms with Gasteiger partial charge in [-0.25, -0.2) is 9.97 Å². The van der Waals surface area contributed by atoms with Gasteiger partial charge in [0, 0.05) is 39.3 Å². The number of anilines is 1. The molecule has 1 amide bonds. The lowest BCUT2D eigenvalue weighted by molar-refractivity contribution is 0.102. The molecule has 0 spiro atoms. The number of ether oxygens (including phenoxy) is 1. The normalized spacial score (nSPS) is 17.5. The smallest absolute Gasteiger partial charge is 0.281 e. The molecule has 1 saturated heterocycles. The van der Waals surface area contributed by atoms with E-state index in [2.05, 4.69) is 15.3 Å². The van der Waals surface area contributed by atoms with Crippen LogP contribution in [0.15, 0.2) is 30.5 Å². The predicted molar refractivity (Wildman–Crippen MR) is 109 cm³/mol. The largest absolute Gasteiger partial charge is 0.495 e. The van der Waals surface area contributed by atoms with Crippen LogP contribution in [0.4, 0.5) is 5.69 Å². The van der Waals surface area contributed by atoms with E-state index in [1.54, 1.807) is 25.1 Å². The predicted octanol–water partition coefficient (Wildman–Crippen LogP) is 1.64. The van der Waals surface area contributed by atoms with Gasteiger partial charge < -0.3 is 10.1 Å². The molecule has 1 fully saturated rings. The number of nitrogens with zero attached hydrogens (tertiary/aromatic N) is 4. The molecule has 0 unspecified atom stereocenters. The van der Waals surface area contributed by atoms with Crippen LogP contribution in [0.5, 0.6) is 5.75 Å². The third-order valence-electron chi connectivity index (χ3n) is 4.90. The zero-order chi connectivity index (χ0) is 21.2. The van der Waals surface area contributed by atoms with E-state index in [-0.39, 0.29) is 11.8 Å². The first-order valence-corrected chi connectivity index (χ1v) is 10.6. The summed E-state index contributed by atoms with van der Waals surface area (Å²) in [4.78, 5) is 21.5. The Labute approximate surface area is 170 Å². The van der Waals surface area contributed by atoms with E-state index in [0.29, 0.717) is 48.0 Å². The molecular formula is C19H25N5O4S. The minimum Gasteiger partial charge on any atom is -0.495 e. The Bertz CT molecular complexity index is 1010. The van der Waals surface area contributed by atoms with Crippen LogP contribution < -0.4 is 10.1 Å². The van der Waals surface area contributed by atoms with Crippen LogP contribution in [0.3, 0.4) is 0 Å². The van der Waals surface area contributed by atoms with Gasteiger partial charge in [-0.05, 0) is 25.5 Å².